The highest BCUT2D eigenvalue weighted by molar-refractivity contribution is 5.47. The van der Waals surface area contributed by atoms with Gasteiger partial charge in [-0.25, -0.2) is 0 Å². The van der Waals surface area contributed by atoms with Gasteiger partial charge < -0.3 is 14.4 Å². The molecule has 1 aliphatic rings. The van der Waals surface area contributed by atoms with E-state index in [1.807, 2.05) is 18.2 Å². The maximum atomic E-state index is 10.3. The van der Waals surface area contributed by atoms with E-state index in [2.05, 4.69) is 56.1 Å². The van der Waals surface area contributed by atoms with Crippen LogP contribution in [0.25, 0.3) is 0 Å². The van der Waals surface area contributed by atoms with Crippen LogP contribution in [0.1, 0.15) is 49.8 Å². The molecule has 2 atom stereocenters. The van der Waals surface area contributed by atoms with Crippen molar-refractivity contribution in [2.45, 2.75) is 57.4 Å². The van der Waals surface area contributed by atoms with Gasteiger partial charge >= 0.3 is 0 Å². The lowest BCUT2D eigenvalue weighted by Gasteiger charge is -2.35. The molecule has 2 aromatic carbocycles. The van der Waals surface area contributed by atoms with E-state index in [1.54, 1.807) is 14.2 Å². The third kappa shape index (κ3) is 4.88. The number of aryl methyl sites for hydroxylation is 1. The summed E-state index contributed by atoms with van der Waals surface area (Å²) >= 11 is 0. The summed E-state index contributed by atoms with van der Waals surface area (Å²) in [6.07, 6.45) is 5.29. The lowest BCUT2D eigenvalue weighted by atomic mass is 9.69. The van der Waals surface area contributed by atoms with Crippen LogP contribution < -0.4 is 9.47 Å². The zero-order valence-electron chi connectivity index (χ0n) is 19.6. The Morgan fingerprint density at radius 1 is 1.10 bits per heavy atom. The number of hydrogen-bond acceptors (Lipinski definition) is 4. The standard InChI is InChI=1S/C27H36N2O2/c1-20(2)27(19-28,23-12-14-25(30-4)26(18-23)31-5)15-8-16-29(3)24-13-11-21-9-6-7-10-22(21)17-24/h6-7,9-10,12,14,18,20,24H,8,11,13,15-17H2,1-5H3/t24-,27-/m1/s1. The van der Waals surface area contributed by atoms with Gasteiger partial charge in [0.25, 0.3) is 0 Å². The largest absolute Gasteiger partial charge is 0.493 e. The quantitative estimate of drug-likeness (QED) is 0.546. The topological polar surface area (TPSA) is 45.5 Å². The highest BCUT2D eigenvalue weighted by Crippen LogP contribution is 2.40. The molecule has 0 unspecified atom stereocenters. The fraction of sp³-hybridized carbons (Fsp3) is 0.519. The minimum absolute atomic E-state index is 0.197. The number of ether oxygens (including phenoxy) is 2. The lowest BCUT2D eigenvalue weighted by molar-refractivity contribution is 0.209. The number of nitriles is 1. The van der Waals surface area contributed by atoms with Gasteiger partial charge in [-0.05, 0) is 80.4 Å². The summed E-state index contributed by atoms with van der Waals surface area (Å²) in [5, 5.41) is 10.3. The number of nitrogens with zero attached hydrogens (tertiary/aromatic N) is 2. The van der Waals surface area contributed by atoms with Crippen LogP contribution in [0, 0.1) is 17.2 Å². The summed E-state index contributed by atoms with van der Waals surface area (Å²) in [5.41, 5.74) is 3.46. The van der Waals surface area contributed by atoms with Gasteiger partial charge in [0, 0.05) is 6.04 Å². The second-order valence-corrected chi connectivity index (χ2v) is 9.06. The summed E-state index contributed by atoms with van der Waals surface area (Å²) in [5.74, 6) is 1.57. The highest BCUT2D eigenvalue weighted by Gasteiger charge is 2.36. The van der Waals surface area contributed by atoms with Crippen molar-refractivity contribution in [2.75, 3.05) is 27.8 Å². The van der Waals surface area contributed by atoms with Crippen molar-refractivity contribution >= 4 is 0 Å². The molecule has 166 valence electrons. The van der Waals surface area contributed by atoms with Gasteiger partial charge in [-0.15, -0.1) is 0 Å². The molecule has 0 bridgehead atoms. The average molecular weight is 421 g/mol. The molecule has 4 nitrogen and oxygen atoms in total. The lowest BCUT2D eigenvalue weighted by Crippen LogP contribution is -2.38. The van der Waals surface area contributed by atoms with Gasteiger partial charge in [-0.1, -0.05) is 44.2 Å². The zero-order chi connectivity index (χ0) is 22.4. The number of rotatable bonds is 9. The number of likely N-dealkylation sites (N-methyl/N-ethyl adjacent to an activating group) is 1. The molecule has 31 heavy (non-hydrogen) atoms. The third-order valence-electron chi connectivity index (χ3n) is 7.11. The Labute approximate surface area is 187 Å². The van der Waals surface area contributed by atoms with Gasteiger partial charge in [-0.3, -0.25) is 0 Å². The summed E-state index contributed by atoms with van der Waals surface area (Å²) in [4.78, 5) is 2.49. The van der Waals surface area contributed by atoms with Crippen LogP contribution in [-0.2, 0) is 18.3 Å². The molecule has 0 aromatic heterocycles. The third-order valence-corrected chi connectivity index (χ3v) is 7.11. The molecule has 1 aliphatic carbocycles. The molecule has 3 rings (SSSR count). The maximum absolute atomic E-state index is 10.3. The van der Waals surface area contributed by atoms with Gasteiger partial charge in [0.05, 0.1) is 25.7 Å². The first-order chi connectivity index (χ1) is 14.9. The minimum Gasteiger partial charge on any atom is -0.493 e. The van der Waals surface area contributed by atoms with Crippen molar-refractivity contribution in [3.8, 4) is 17.6 Å². The van der Waals surface area contributed by atoms with E-state index in [4.69, 9.17) is 9.47 Å². The average Bonchev–Trinajstić information content (AvgIpc) is 2.80. The monoisotopic (exact) mass is 420 g/mol. The van der Waals surface area contributed by atoms with Crippen LogP contribution in [0.15, 0.2) is 42.5 Å². The van der Waals surface area contributed by atoms with Crippen molar-refractivity contribution in [2.24, 2.45) is 5.92 Å². The molecule has 0 N–H and O–H groups in total. The van der Waals surface area contributed by atoms with E-state index in [1.165, 1.54) is 17.5 Å². The molecule has 0 fully saturated rings. The SMILES string of the molecule is COc1ccc([C@@](C#N)(CCCN(C)[C@@H]2CCc3ccccc3C2)C(C)C)cc1OC. The van der Waals surface area contributed by atoms with Crippen LogP contribution in [0.5, 0.6) is 11.5 Å². The first-order valence-electron chi connectivity index (χ1n) is 11.4. The number of benzene rings is 2. The van der Waals surface area contributed by atoms with E-state index in [0.29, 0.717) is 17.5 Å². The Morgan fingerprint density at radius 2 is 1.81 bits per heavy atom. The summed E-state index contributed by atoms with van der Waals surface area (Å²) in [6, 6.07) is 18.0. The van der Waals surface area contributed by atoms with Crippen LogP contribution in [0.4, 0.5) is 0 Å². The molecule has 0 spiro atoms. The molecular formula is C27H36N2O2. The highest BCUT2D eigenvalue weighted by atomic mass is 16.5. The summed E-state index contributed by atoms with van der Waals surface area (Å²) < 4.78 is 10.9. The maximum Gasteiger partial charge on any atom is 0.161 e. The molecule has 0 saturated heterocycles. The molecule has 4 heteroatoms. The summed E-state index contributed by atoms with van der Waals surface area (Å²) in [6.45, 7) is 5.28. The number of methoxy groups -OCH3 is 2. The Morgan fingerprint density at radius 3 is 2.45 bits per heavy atom. The van der Waals surface area contributed by atoms with E-state index in [-0.39, 0.29) is 5.92 Å². The first kappa shape index (κ1) is 23.2. The second-order valence-electron chi connectivity index (χ2n) is 9.06. The van der Waals surface area contributed by atoms with Crippen molar-refractivity contribution in [1.82, 2.24) is 4.90 Å². The zero-order valence-corrected chi connectivity index (χ0v) is 19.6. The van der Waals surface area contributed by atoms with Crippen molar-refractivity contribution < 1.29 is 9.47 Å². The normalized spacial score (nSPS) is 17.7. The van der Waals surface area contributed by atoms with Gasteiger partial charge in [0.1, 0.15) is 0 Å². The van der Waals surface area contributed by atoms with Gasteiger partial charge in [-0.2, -0.15) is 5.26 Å². The predicted octanol–water partition coefficient (Wildman–Crippen LogP) is 5.39. The van der Waals surface area contributed by atoms with Crippen LogP contribution >= 0.6 is 0 Å². The van der Waals surface area contributed by atoms with E-state index in [0.717, 1.165) is 37.8 Å². The Balaban J connectivity index is 1.69. The minimum atomic E-state index is -0.542. The second kappa shape index (κ2) is 10.2. The molecule has 2 aromatic rings. The fourth-order valence-electron chi connectivity index (χ4n) is 4.97. The van der Waals surface area contributed by atoms with Crippen LogP contribution in [0.2, 0.25) is 0 Å². The smallest absolute Gasteiger partial charge is 0.161 e. The Hall–Kier alpha value is -2.51. The predicted molar refractivity (Wildman–Crippen MR) is 126 cm³/mol. The van der Waals surface area contributed by atoms with Crippen LogP contribution in [0.3, 0.4) is 0 Å². The number of hydrogen-bond donors (Lipinski definition) is 0. The molecular weight excluding hydrogens is 384 g/mol. The molecule has 0 saturated carbocycles. The van der Waals surface area contributed by atoms with Crippen molar-refractivity contribution in [3.63, 3.8) is 0 Å². The van der Waals surface area contributed by atoms with E-state index >= 15 is 0 Å². The fourth-order valence-corrected chi connectivity index (χ4v) is 4.97. The van der Waals surface area contributed by atoms with Crippen molar-refractivity contribution in [1.29, 1.82) is 5.26 Å². The number of fused-ring (bicyclic) bond motifs is 1. The molecule has 0 radical (unpaired) electrons. The molecule has 0 heterocycles. The van der Waals surface area contributed by atoms with Crippen molar-refractivity contribution in [3.05, 3.63) is 59.2 Å². The molecule has 0 amide bonds. The van der Waals surface area contributed by atoms with E-state index < -0.39 is 5.41 Å². The van der Waals surface area contributed by atoms with Crippen LogP contribution in [-0.4, -0.2) is 38.8 Å². The van der Waals surface area contributed by atoms with Gasteiger partial charge in [0.15, 0.2) is 11.5 Å². The van der Waals surface area contributed by atoms with E-state index in [9.17, 15) is 5.26 Å². The first-order valence-corrected chi connectivity index (χ1v) is 11.4. The Kier molecular flexibility index (Phi) is 7.62. The summed E-state index contributed by atoms with van der Waals surface area (Å²) in [7, 11) is 5.51. The molecule has 0 aliphatic heterocycles. The Bertz CT molecular complexity index is 918. The van der Waals surface area contributed by atoms with Gasteiger partial charge in [0.2, 0.25) is 0 Å².